The molecule has 1 aliphatic rings. The van der Waals surface area contributed by atoms with E-state index in [1.54, 1.807) is 16.8 Å². The van der Waals surface area contributed by atoms with Crippen molar-refractivity contribution >= 4 is 5.69 Å². The number of nitrogens with zero attached hydrogens (tertiary/aromatic N) is 4. The van der Waals surface area contributed by atoms with Crippen LogP contribution >= 0.6 is 0 Å². The zero-order valence-electron chi connectivity index (χ0n) is 17.1. The summed E-state index contributed by atoms with van der Waals surface area (Å²) in [6.07, 6.45) is 4.49. The van der Waals surface area contributed by atoms with Crippen LogP contribution in [0.15, 0.2) is 30.5 Å². The summed E-state index contributed by atoms with van der Waals surface area (Å²) in [6, 6.07) is 6.59. The van der Waals surface area contributed by atoms with Gasteiger partial charge in [0.15, 0.2) is 0 Å². The van der Waals surface area contributed by atoms with Crippen LogP contribution in [0.1, 0.15) is 32.3 Å². The minimum atomic E-state index is -0.380. The summed E-state index contributed by atoms with van der Waals surface area (Å²) in [4.78, 5) is 13.1. The lowest BCUT2D eigenvalue weighted by atomic mass is 9.92. The topological polar surface area (TPSA) is 76.2 Å². The molecule has 2 heterocycles. The Bertz CT molecular complexity index is 777. The van der Waals surface area contributed by atoms with Crippen molar-refractivity contribution in [3.8, 4) is 11.3 Å². The van der Waals surface area contributed by atoms with Crippen LogP contribution in [0.25, 0.3) is 11.3 Å². The zero-order chi connectivity index (χ0) is 20.1. The number of rotatable bonds is 8. The molecule has 152 valence electrons. The van der Waals surface area contributed by atoms with Crippen LogP contribution in [0.5, 0.6) is 0 Å². The molecule has 1 aliphatic heterocycles. The predicted octanol–water partition coefficient (Wildman–Crippen LogP) is 3.45. The van der Waals surface area contributed by atoms with Crippen molar-refractivity contribution in [2.75, 3.05) is 26.2 Å². The maximum atomic E-state index is 10.8. The van der Waals surface area contributed by atoms with Gasteiger partial charge in [0.25, 0.3) is 5.69 Å². The SMILES string of the molecule is CC1CC(C)CN(CCCNCc2cn(C)nc2-c2ccc([N+](=O)[O-])cc2)C1. The second-order valence-corrected chi connectivity index (χ2v) is 8.22. The molecule has 28 heavy (non-hydrogen) atoms. The van der Waals surface area contributed by atoms with Gasteiger partial charge in [-0.3, -0.25) is 14.8 Å². The highest BCUT2D eigenvalue weighted by atomic mass is 16.6. The number of likely N-dealkylation sites (tertiary alicyclic amines) is 1. The van der Waals surface area contributed by atoms with E-state index in [4.69, 9.17) is 0 Å². The summed E-state index contributed by atoms with van der Waals surface area (Å²) >= 11 is 0. The number of aromatic nitrogens is 2. The lowest BCUT2D eigenvalue weighted by molar-refractivity contribution is -0.384. The summed E-state index contributed by atoms with van der Waals surface area (Å²) in [5.74, 6) is 1.60. The maximum absolute atomic E-state index is 10.8. The molecule has 1 aromatic heterocycles. The number of hydrogen-bond donors (Lipinski definition) is 1. The highest BCUT2D eigenvalue weighted by molar-refractivity contribution is 5.64. The average molecular weight is 386 g/mol. The van der Waals surface area contributed by atoms with Crippen LogP contribution < -0.4 is 5.32 Å². The van der Waals surface area contributed by atoms with Crippen molar-refractivity contribution in [2.45, 2.75) is 33.2 Å². The number of nitrogens with one attached hydrogen (secondary N) is 1. The Morgan fingerprint density at radius 3 is 2.54 bits per heavy atom. The Morgan fingerprint density at radius 2 is 1.89 bits per heavy atom. The molecule has 0 aliphatic carbocycles. The number of nitro groups is 1. The molecule has 1 N–H and O–H groups in total. The number of piperidine rings is 1. The van der Waals surface area contributed by atoms with Crippen molar-refractivity contribution in [2.24, 2.45) is 18.9 Å². The fourth-order valence-corrected chi connectivity index (χ4v) is 4.28. The first kappa shape index (κ1) is 20.5. The highest BCUT2D eigenvalue weighted by Crippen LogP contribution is 2.24. The fourth-order valence-electron chi connectivity index (χ4n) is 4.28. The molecule has 0 saturated carbocycles. The first-order chi connectivity index (χ1) is 13.4. The lowest BCUT2D eigenvalue weighted by Gasteiger charge is -2.34. The van der Waals surface area contributed by atoms with E-state index in [1.807, 2.05) is 13.2 Å². The van der Waals surface area contributed by atoms with Gasteiger partial charge in [0, 0.05) is 56.1 Å². The van der Waals surface area contributed by atoms with E-state index >= 15 is 0 Å². The van der Waals surface area contributed by atoms with Crippen LogP contribution in [0, 0.1) is 22.0 Å². The van der Waals surface area contributed by atoms with Crippen LogP contribution in [0.2, 0.25) is 0 Å². The molecule has 0 spiro atoms. The zero-order valence-corrected chi connectivity index (χ0v) is 17.1. The molecule has 7 heteroatoms. The van der Waals surface area contributed by atoms with E-state index in [-0.39, 0.29) is 10.6 Å². The third kappa shape index (κ3) is 5.39. The molecule has 0 amide bonds. The van der Waals surface area contributed by atoms with Gasteiger partial charge in [0.1, 0.15) is 0 Å². The number of nitro benzene ring substituents is 1. The first-order valence-electron chi connectivity index (χ1n) is 10.1. The van der Waals surface area contributed by atoms with E-state index in [0.717, 1.165) is 54.7 Å². The number of hydrogen-bond acceptors (Lipinski definition) is 5. The van der Waals surface area contributed by atoms with Crippen LogP contribution in [0.4, 0.5) is 5.69 Å². The van der Waals surface area contributed by atoms with Gasteiger partial charge in [-0.25, -0.2) is 0 Å². The minimum absolute atomic E-state index is 0.0979. The highest BCUT2D eigenvalue weighted by Gasteiger charge is 2.21. The van der Waals surface area contributed by atoms with Gasteiger partial charge in [-0.2, -0.15) is 5.10 Å². The Balaban J connectivity index is 1.50. The molecule has 2 aromatic rings. The molecule has 3 rings (SSSR count). The van der Waals surface area contributed by atoms with Gasteiger partial charge in [-0.1, -0.05) is 13.8 Å². The van der Waals surface area contributed by atoms with E-state index in [0.29, 0.717) is 0 Å². The van der Waals surface area contributed by atoms with Crippen molar-refractivity contribution in [3.63, 3.8) is 0 Å². The molecule has 1 fully saturated rings. The first-order valence-corrected chi connectivity index (χ1v) is 10.1. The smallest absolute Gasteiger partial charge is 0.269 e. The summed E-state index contributed by atoms with van der Waals surface area (Å²) in [7, 11) is 1.90. The Morgan fingerprint density at radius 1 is 1.21 bits per heavy atom. The van der Waals surface area contributed by atoms with Gasteiger partial charge in [0.2, 0.25) is 0 Å². The standard InChI is InChI=1S/C21H31N5O2/c1-16-11-17(2)14-25(13-16)10-4-9-22-12-19-15-24(3)23-21(19)18-5-7-20(8-6-18)26(27)28/h5-8,15-17,22H,4,9-14H2,1-3H3. The molecule has 2 unspecified atom stereocenters. The minimum Gasteiger partial charge on any atom is -0.312 e. The molecule has 0 bridgehead atoms. The molecule has 2 atom stereocenters. The van der Waals surface area contributed by atoms with Gasteiger partial charge >= 0.3 is 0 Å². The van der Waals surface area contributed by atoms with E-state index in [2.05, 4.69) is 29.2 Å². The lowest BCUT2D eigenvalue weighted by Crippen LogP contribution is -2.39. The molecule has 1 saturated heterocycles. The van der Waals surface area contributed by atoms with Gasteiger partial charge < -0.3 is 10.2 Å². The normalized spacial score (nSPS) is 20.4. The average Bonchev–Trinajstić information content (AvgIpc) is 3.01. The number of benzene rings is 1. The van der Waals surface area contributed by atoms with Crippen LogP contribution in [-0.2, 0) is 13.6 Å². The molecule has 7 nitrogen and oxygen atoms in total. The van der Waals surface area contributed by atoms with Crippen molar-refractivity contribution in [1.82, 2.24) is 20.0 Å². The Kier molecular flexibility index (Phi) is 6.80. The fraction of sp³-hybridized carbons (Fsp3) is 0.571. The van der Waals surface area contributed by atoms with Crippen molar-refractivity contribution in [3.05, 3.63) is 46.1 Å². The van der Waals surface area contributed by atoms with E-state index in [1.165, 1.54) is 31.6 Å². The molecule has 0 radical (unpaired) electrons. The van der Waals surface area contributed by atoms with E-state index in [9.17, 15) is 10.1 Å². The molecular formula is C21H31N5O2. The van der Waals surface area contributed by atoms with Crippen LogP contribution in [-0.4, -0.2) is 45.8 Å². The third-order valence-electron chi connectivity index (χ3n) is 5.34. The Labute approximate surface area is 166 Å². The summed E-state index contributed by atoms with van der Waals surface area (Å²) in [5.41, 5.74) is 2.99. The van der Waals surface area contributed by atoms with Crippen LogP contribution in [0.3, 0.4) is 0 Å². The number of non-ortho nitro benzene ring substituents is 1. The van der Waals surface area contributed by atoms with Crippen molar-refractivity contribution < 1.29 is 4.92 Å². The summed E-state index contributed by atoms with van der Waals surface area (Å²) in [6.45, 7) is 9.99. The summed E-state index contributed by atoms with van der Waals surface area (Å²) in [5, 5.41) is 18.9. The third-order valence-corrected chi connectivity index (χ3v) is 5.34. The molecule has 1 aromatic carbocycles. The number of aryl methyl sites for hydroxylation is 1. The van der Waals surface area contributed by atoms with Gasteiger partial charge in [0.05, 0.1) is 10.6 Å². The second-order valence-electron chi connectivity index (χ2n) is 8.22. The molecular weight excluding hydrogens is 354 g/mol. The predicted molar refractivity (Wildman–Crippen MR) is 111 cm³/mol. The quantitative estimate of drug-likeness (QED) is 0.428. The monoisotopic (exact) mass is 385 g/mol. The summed E-state index contributed by atoms with van der Waals surface area (Å²) < 4.78 is 1.80. The Hall–Kier alpha value is -2.25. The van der Waals surface area contributed by atoms with E-state index < -0.39 is 0 Å². The largest absolute Gasteiger partial charge is 0.312 e. The maximum Gasteiger partial charge on any atom is 0.269 e. The second kappa shape index (κ2) is 9.30. The van der Waals surface area contributed by atoms with Crippen molar-refractivity contribution in [1.29, 1.82) is 0 Å². The van der Waals surface area contributed by atoms with Gasteiger partial charge in [-0.15, -0.1) is 0 Å². The van der Waals surface area contributed by atoms with Gasteiger partial charge in [-0.05, 0) is 49.9 Å².